The van der Waals surface area contributed by atoms with Crippen molar-refractivity contribution in [1.82, 2.24) is 14.5 Å². The molecular formula is C13H13N3O3. The molecule has 0 radical (unpaired) electrons. The predicted octanol–water partition coefficient (Wildman–Crippen LogP) is 1.68. The highest BCUT2D eigenvalue weighted by molar-refractivity contribution is 5.85. The van der Waals surface area contributed by atoms with E-state index < -0.39 is 5.97 Å². The van der Waals surface area contributed by atoms with Crippen LogP contribution in [-0.4, -0.2) is 32.7 Å². The van der Waals surface area contributed by atoms with Gasteiger partial charge in [0.15, 0.2) is 0 Å². The Morgan fingerprint density at radius 1 is 1.47 bits per heavy atom. The molecule has 1 N–H and O–H groups in total. The molecule has 98 valence electrons. The third kappa shape index (κ3) is 2.98. The molecule has 6 heteroatoms. The van der Waals surface area contributed by atoms with Gasteiger partial charge in [0.25, 0.3) is 0 Å². The molecule has 0 bridgehead atoms. The molecule has 0 aliphatic rings. The number of carboxylic acids is 1. The largest absolute Gasteiger partial charge is 0.494 e. The van der Waals surface area contributed by atoms with Crippen LogP contribution in [0.4, 0.5) is 0 Å². The summed E-state index contributed by atoms with van der Waals surface area (Å²) in [6, 6.07) is 1.67. The summed E-state index contributed by atoms with van der Waals surface area (Å²) >= 11 is 0. The first-order valence-corrected chi connectivity index (χ1v) is 5.56. The third-order valence-electron chi connectivity index (χ3n) is 2.47. The molecule has 6 nitrogen and oxygen atoms in total. The number of methoxy groups -OCH3 is 1. The summed E-state index contributed by atoms with van der Waals surface area (Å²) in [6.07, 6.45) is 7.58. The van der Waals surface area contributed by atoms with Crippen molar-refractivity contribution in [1.29, 1.82) is 0 Å². The lowest BCUT2D eigenvalue weighted by Gasteiger charge is -2.09. The molecule has 0 aliphatic carbocycles. The number of carboxylic acid groups (broad SMARTS) is 1. The maximum atomic E-state index is 10.5. The molecule has 2 aromatic heterocycles. The fourth-order valence-corrected chi connectivity index (χ4v) is 1.60. The van der Waals surface area contributed by atoms with Crippen LogP contribution < -0.4 is 4.74 Å². The first-order valence-electron chi connectivity index (χ1n) is 5.56. The molecule has 2 heterocycles. The summed E-state index contributed by atoms with van der Waals surface area (Å²) in [4.78, 5) is 18.8. The summed E-state index contributed by atoms with van der Waals surface area (Å²) in [5, 5.41) is 8.58. The molecule has 19 heavy (non-hydrogen) atoms. The van der Waals surface area contributed by atoms with Gasteiger partial charge >= 0.3 is 5.97 Å². The van der Waals surface area contributed by atoms with Crippen LogP contribution in [0.25, 0.3) is 11.8 Å². The smallest absolute Gasteiger partial charge is 0.328 e. The number of rotatable bonds is 4. The summed E-state index contributed by atoms with van der Waals surface area (Å²) in [5.41, 5.74) is 2.15. The van der Waals surface area contributed by atoms with Crippen molar-refractivity contribution in [3.8, 4) is 11.4 Å². The van der Waals surface area contributed by atoms with Gasteiger partial charge in [0.1, 0.15) is 11.4 Å². The summed E-state index contributed by atoms with van der Waals surface area (Å²) in [7, 11) is 1.55. The molecule has 0 aromatic carbocycles. The van der Waals surface area contributed by atoms with Crippen molar-refractivity contribution in [3.63, 3.8) is 0 Å². The summed E-state index contributed by atoms with van der Waals surface area (Å²) < 4.78 is 7.08. The molecule has 2 aromatic rings. The van der Waals surface area contributed by atoms with E-state index in [2.05, 4.69) is 9.97 Å². The van der Waals surface area contributed by atoms with Crippen LogP contribution in [0.5, 0.6) is 5.75 Å². The van der Waals surface area contributed by atoms with E-state index in [-0.39, 0.29) is 0 Å². The van der Waals surface area contributed by atoms with Crippen molar-refractivity contribution in [3.05, 3.63) is 42.3 Å². The molecule has 0 aliphatic heterocycles. The first kappa shape index (κ1) is 12.8. The number of nitrogens with zero attached hydrogens (tertiary/aromatic N) is 3. The van der Waals surface area contributed by atoms with E-state index in [4.69, 9.17) is 9.84 Å². The minimum atomic E-state index is -1.02. The minimum Gasteiger partial charge on any atom is -0.494 e. The fraction of sp³-hybridized carbons (Fsp3) is 0.154. The van der Waals surface area contributed by atoms with Gasteiger partial charge in [0.05, 0.1) is 31.0 Å². The van der Waals surface area contributed by atoms with Crippen molar-refractivity contribution in [2.24, 2.45) is 0 Å². The number of hydrogen-bond acceptors (Lipinski definition) is 4. The number of aromatic nitrogens is 3. The fourth-order valence-electron chi connectivity index (χ4n) is 1.60. The molecule has 0 saturated heterocycles. The van der Waals surface area contributed by atoms with Crippen molar-refractivity contribution >= 4 is 12.0 Å². The van der Waals surface area contributed by atoms with Gasteiger partial charge in [-0.15, -0.1) is 0 Å². The monoisotopic (exact) mass is 259 g/mol. The zero-order valence-corrected chi connectivity index (χ0v) is 10.6. The van der Waals surface area contributed by atoms with Gasteiger partial charge in [0.2, 0.25) is 0 Å². The Labute approximate surface area is 110 Å². The van der Waals surface area contributed by atoms with Gasteiger partial charge in [-0.25, -0.2) is 9.78 Å². The van der Waals surface area contributed by atoms with Crippen LogP contribution in [0.15, 0.2) is 30.9 Å². The number of pyridine rings is 1. The van der Waals surface area contributed by atoms with Gasteiger partial charge in [-0.1, -0.05) is 0 Å². The molecular weight excluding hydrogens is 246 g/mol. The quantitative estimate of drug-likeness (QED) is 0.845. The van der Waals surface area contributed by atoms with Crippen LogP contribution >= 0.6 is 0 Å². The lowest BCUT2D eigenvalue weighted by Crippen LogP contribution is -1.98. The number of ether oxygens (including phenoxy) is 1. The zero-order chi connectivity index (χ0) is 13.8. The number of imidazole rings is 1. The van der Waals surface area contributed by atoms with Crippen molar-refractivity contribution in [2.45, 2.75) is 6.92 Å². The van der Waals surface area contributed by atoms with E-state index in [0.29, 0.717) is 11.4 Å². The Morgan fingerprint density at radius 3 is 2.84 bits per heavy atom. The summed E-state index contributed by atoms with van der Waals surface area (Å²) in [5.74, 6) is -0.424. The Morgan fingerprint density at radius 2 is 2.26 bits per heavy atom. The van der Waals surface area contributed by atoms with Crippen LogP contribution in [0.3, 0.4) is 0 Å². The highest BCUT2D eigenvalue weighted by Gasteiger charge is 2.07. The molecule has 0 fully saturated rings. The first-order chi connectivity index (χ1) is 9.10. The van der Waals surface area contributed by atoms with E-state index in [1.807, 2.05) is 13.1 Å². The molecule has 0 amide bonds. The van der Waals surface area contributed by atoms with E-state index in [1.165, 1.54) is 6.08 Å². The Hall–Kier alpha value is -2.63. The van der Waals surface area contributed by atoms with Crippen LogP contribution in [-0.2, 0) is 4.79 Å². The lowest BCUT2D eigenvalue weighted by molar-refractivity contribution is -0.131. The standard InChI is InChI=1S/C13H13N3O3/c1-9-7-16(8-15-9)11-6-14-10(3-4-13(17)18)5-12(11)19-2/h3-8H,1-2H3,(H,17,18). The van der Waals surface area contributed by atoms with Gasteiger partial charge in [-0.05, 0) is 13.0 Å². The number of carbonyl (C=O) groups is 1. The SMILES string of the molecule is COc1cc(C=CC(=O)O)ncc1-n1cnc(C)c1. The van der Waals surface area contributed by atoms with E-state index in [9.17, 15) is 4.79 Å². The van der Waals surface area contributed by atoms with Gasteiger partial charge in [0, 0.05) is 18.3 Å². The Kier molecular flexibility index (Phi) is 3.61. The van der Waals surface area contributed by atoms with Crippen LogP contribution in [0, 0.1) is 6.92 Å². The molecule has 0 saturated carbocycles. The number of hydrogen-bond donors (Lipinski definition) is 1. The van der Waals surface area contributed by atoms with E-state index in [1.54, 1.807) is 30.3 Å². The number of aryl methyl sites for hydroxylation is 1. The maximum Gasteiger partial charge on any atom is 0.328 e. The zero-order valence-electron chi connectivity index (χ0n) is 10.6. The minimum absolute atomic E-state index is 0.514. The van der Waals surface area contributed by atoms with Crippen LogP contribution in [0.1, 0.15) is 11.4 Å². The average Bonchev–Trinajstić information content (AvgIpc) is 2.82. The highest BCUT2D eigenvalue weighted by atomic mass is 16.5. The molecule has 2 rings (SSSR count). The van der Waals surface area contributed by atoms with E-state index >= 15 is 0 Å². The second-order valence-corrected chi connectivity index (χ2v) is 3.87. The molecule has 0 unspecified atom stereocenters. The van der Waals surface area contributed by atoms with Crippen molar-refractivity contribution in [2.75, 3.05) is 7.11 Å². The third-order valence-corrected chi connectivity index (χ3v) is 2.47. The predicted molar refractivity (Wildman–Crippen MR) is 69.3 cm³/mol. The molecule has 0 atom stereocenters. The maximum absolute atomic E-state index is 10.5. The number of aliphatic carboxylic acids is 1. The Bertz CT molecular complexity index is 632. The normalized spacial score (nSPS) is 10.8. The van der Waals surface area contributed by atoms with Gasteiger partial charge in [-0.3, -0.25) is 4.98 Å². The Balaban J connectivity index is 2.39. The van der Waals surface area contributed by atoms with Gasteiger partial charge in [-0.2, -0.15) is 0 Å². The van der Waals surface area contributed by atoms with Crippen molar-refractivity contribution < 1.29 is 14.6 Å². The van der Waals surface area contributed by atoms with Crippen LogP contribution in [0.2, 0.25) is 0 Å². The molecule has 0 spiro atoms. The second-order valence-electron chi connectivity index (χ2n) is 3.87. The topological polar surface area (TPSA) is 77.2 Å². The summed E-state index contributed by atoms with van der Waals surface area (Å²) in [6.45, 7) is 1.89. The van der Waals surface area contributed by atoms with Gasteiger partial charge < -0.3 is 14.4 Å². The average molecular weight is 259 g/mol. The second kappa shape index (κ2) is 5.34. The van der Waals surface area contributed by atoms with E-state index in [0.717, 1.165) is 17.5 Å². The highest BCUT2D eigenvalue weighted by Crippen LogP contribution is 2.23. The lowest BCUT2D eigenvalue weighted by atomic mass is 10.3.